The monoisotopic (exact) mass is 177 g/mol. The molecule has 0 aliphatic carbocycles. The van der Waals surface area contributed by atoms with Crippen LogP contribution >= 0.6 is 36.2 Å². The first-order valence-electron chi connectivity index (χ1n) is 2.02. The van der Waals surface area contributed by atoms with E-state index < -0.39 is 0 Å². The van der Waals surface area contributed by atoms with E-state index in [1.165, 1.54) is 11.3 Å². The molecule has 0 fully saturated rings. The van der Waals surface area contributed by atoms with E-state index in [9.17, 15) is 0 Å². The minimum absolute atomic E-state index is 0.418. The summed E-state index contributed by atoms with van der Waals surface area (Å²) in [5.41, 5.74) is 5.27. The van der Waals surface area contributed by atoms with Gasteiger partial charge in [0, 0.05) is 0 Å². The predicted octanol–water partition coefficient (Wildman–Crippen LogP) is 0.726. The molecule has 0 unspecified atom stereocenters. The molecule has 0 spiro atoms. The molecule has 0 bridgehead atoms. The smallest absolute Gasteiger partial charge is 0.203 e. The number of hydrogen-bond donors (Lipinski definition) is 2. The van der Waals surface area contributed by atoms with Crippen LogP contribution < -0.4 is 5.73 Å². The molecular formula is C3H3N3S3. The van der Waals surface area contributed by atoms with Gasteiger partial charge >= 0.3 is 0 Å². The van der Waals surface area contributed by atoms with Gasteiger partial charge < -0.3 is 5.73 Å². The summed E-state index contributed by atoms with van der Waals surface area (Å²) in [6, 6.07) is 0. The maximum atomic E-state index is 5.27. The normalized spacial score (nSPS) is 9.44. The van der Waals surface area contributed by atoms with Crippen LogP contribution in [0.2, 0.25) is 0 Å². The third kappa shape index (κ3) is 1.60. The van der Waals surface area contributed by atoms with Crippen LogP contribution in [0.5, 0.6) is 0 Å². The van der Waals surface area contributed by atoms with Crippen LogP contribution in [0.25, 0.3) is 0 Å². The fraction of sp³-hybridized carbons (Fsp3) is 0. The second kappa shape index (κ2) is 2.59. The molecule has 48 valence electrons. The van der Waals surface area contributed by atoms with Gasteiger partial charge in [-0.25, -0.2) is 0 Å². The summed E-state index contributed by atoms with van der Waals surface area (Å²) in [7, 11) is 0. The van der Waals surface area contributed by atoms with Gasteiger partial charge in [0.2, 0.25) is 5.13 Å². The van der Waals surface area contributed by atoms with Crippen LogP contribution in [0.3, 0.4) is 0 Å². The van der Waals surface area contributed by atoms with Crippen molar-refractivity contribution in [3.8, 4) is 0 Å². The van der Waals surface area contributed by atoms with Crippen molar-refractivity contribution in [2.75, 3.05) is 5.73 Å². The summed E-state index contributed by atoms with van der Waals surface area (Å²) in [5.74, 6) is 0. The number of thiol groups is 1. The molecule has 1 aromatic rings. The number of nitrogens with two attached hydrogens (primary N) is 1. The molecule has 0 saturated carbocycles. The number of nitrogens with zero attached hydrogens (tertiary/aromatic N) is 2. The molecule has 0 aliphatic rings. The number of thiocarbonyl (C=S) groups is 1. The Morgan fingerprint density at radius 1 is 1.67 bits per heavy atom. The zero-order valence-corrected chi connectivity index (χ0v) is 6.76. The van der Waals surface area contributed by atoms with Crippen molar-refractivity contribution in [2.45, 2.75) is 0 Å². The van der Waals surface area contributed by atoms with Crippen molar-refractivity contribution in [2.24, 2.45) is 0 Å². The number of anilines is 1. The molecule has 0 aliphatic heterocycles. The van der Waals surface area contributed by atoms with E-state index in [0.29, 0.717) is 14.3 Å². The van der Waals surface area contributed by atoms with Gasteiger partial charge in [-0.05, 0) is 0 Å². The first kappa shape index (κ1) is 6.91. The molecule has 0 saturated heterocycles. The number of hydrogen-bond acceptors (Lipinski definition) is 5. The Balaban J connectivity index is 2.98. The molecule has 9 heavy (non-hydrogen) atoms. The Hall–Kier alpha value is -0.200. The third-order valence-corrected chi connectivity index (χ3v) is 2.08. The quantitative estimate of drug-likeness (QED) is 0.490. The summed E-state index contributed by atoms with van der Waals surface area (Å²) in [6.45, 7) is 0. The zero-order valence-electron chi connectivity index (χ0n) is 4.24. The highest BCUT2D eigenvalue weighted by atomic mass is 32.1. The second-order valence-corrected chi connectivity index (χ2v) is 3.42. The van der Waals surface area contributed by atoms with E-state index in [0.717, 1.165) is 0 Å². The Bertz CT molecular complexity index is 230. The average Bonchev–Trinajstić information content (AvgIpc) is 2.14. The molecule has 0 amide bonds. The van der Waals surface area contributed by atoms with E-state index in [2.05, 4.69) is 22.8 Å². The summed E-state index contributed by atoms with van der Waals surface area (Å²) >= 11 is 9.81. The third-order valence-electron chi connectivity index (χ3n) is 0.624. The highest BCUT2D eigenvalue weighted by Crippen LogP contribution is 2.13. The standard InChI is InChI=1S/C3H3N3S3/c4-3-6-5-1(9-3)2(7)8/h(H2,4,6)(H,7,8). The summed E-state index contributed by atoms with van der Waals surface area (Å²) in [5, 5.41) is 8.21. The predicted molar refractivity (Wildman–Crippen MR) is 45.0 cm³/mol. The van der Waals surface area contributed by atoms with Crippen molar-refractivity contribution >= 4 is 45.5 Å². The molecule has 0 aromatic carbocycles. The van der Waals surface area contributed by atoms with Gasteiger partial charge in [0.1, 0.15) is 4.20 Å². The lowest BCUT2D eigenvalue weighted by molar-refractivity contribution is 1.09. The average molecular weight is 177 g/mol. The fourth-order valence-corrected chi connectivity index (χ4v) is 1.12. The van der Waals surface area contributed by atoms with Crippen molar-refractivity contribution in [3.05, 3.63) is 5.01 Å². The Labute approximate surface area is 66.7 Å². The lowest BCUT2D eigenvalue weighted by Gasteiger charge is -1.79. The molecule has 2 N–H and O–H groups in total. The maximum Gasteiger partial charge on any atom is 0.203 e. The molecule has 0 atom stereocenters. The first-order chi connectivity index (χ1) is 4.20. The van der Waals surface area contributed by atoms with E-state index >= 15 is 0 Å². The lowest BCUT2D eigenvalue weighted by atomic mass is 10.8. The van der Waals surface area contributed by atoms with Gasteiger partial charge in [-0.15, -0.1) is 22.8 Å². The Morgan fingerprint density at radius 2 is 2.33 bits per heavy atom. The minimum Gasteiger partial charge on any atom is -0.374 e. The number of aromatic nitrogens is 2. The lowest BCUT2D eigenvalue weighted by Crippen LogP contribution is -1.83. The van der Waals surface area contributed by atoms with Crippen LogP contribution in [-0.4, -0.2) is 14.4 Å². The van der Waals surface area contributed by atoms with Crippen LogP contribution in [-0.2, 0) is 0 Å². The van der Waals surface area contributed by atoms with Crippen molar-refractivity contribution < 1.29 is 0 Å². The molecule has 1 heterocycles. The van der Waals surface area contributed by atoms with Crippen molar-refractivity contribution in [1.29, 1.82) is 0 Å². The summed E-state index contributed by atoms with van der Waals surface area (Å²) < 4.78 is 0.434. The number of nitrogen functional groups attached to an aromatic ring is 1. The molecule has 3 nitrogen and oxygen atoms in total. The van der Waals surface area contributed by atoms with E-state index in [1.807, 2.05) is 0 Å². The van der Waals surface area contributed by atoms with Gasteiger partial charge in [0.25, 0.3) is 0 Å². The van der Waals surface area contributed by atoms with Gasteiger partial charge in [-0.2, -0.15) is 0 Å². The maximum absolute atomic E-state index is 5.27. The largest absolute Gasteiger partial charge is 0.374 e. The molecule has 0 radical (unpaired) electrons. The van der Waals surface area contributed by atoms with E-state index in [-0.39, 0.29) is 0 Å². The van der Waals surface area contributed by atoms with Crippen molar-refractivity contribution in [3.63, 3.8) is 0 Å². The van der Waals surface area contributed by atoms with Gasteiger partial charge in [0.15, 0.2) is 5.01 Å². The van der Waals surface area contributed by atoms with E-state index in [1.54, 1.807) is 0 Å². The Kier molecular flexibility index (Phi) is 1.99. The first-order valence-corrected chi connectivity index (χ1v) is 3.69. The minimum atomic E-state index is 0.418. The van der Waals surface area contributed by atoms with Crippen molar-refractivity contribution in [1.82, 2.24) is 10.2 Å². The highest BCUT2D eigenvalue weighted by Gasteiger charge is 2.01. The summed E-state index contributed by atoms with van der Waals surface area (Å²) in [4.78, 5) is 0. The summed E-state index contributed by atoms with van der Waals surface area (Å²) in [6.07, 6.45) is 0. The molecule has 1 rings (SSSR count). The van der Waals surface area contributed by atoms with Gasteiger partial charge in [-0.1, -0.05) is 23.6 Å². The van der Waals surface area contributed by atoms with Gasteiger partial charge in [-0.3, -0.25) is 0 Å². The topological polar surface area (TPSA) is 51.8 Å². The van der Waals surface area contributed by atoms with Crippen LogP contribution in [0.1, 0.15) is 5.01 Å². The molecule has 6 heteroatoms. The van der Waals surface area contributed by atoms with Gasteiger partial charge in [0.05, 0.1) is 0 Å². The highest BCUT2D eigenvalue weighted by molar-refractivity contribution is 8.12. The SMILES string of the molecule is Nc1nnc(C(=S)S)s1. The van der Waals surface area contributed by atoms with Crippen LogP contribution in [0, 0.1) is 0 Å². The second-order valence-electron chi connectivity index (χ2n) is 1.25. The number of rotatable bonds is 1. The van der Waals surface area contributed by atoms with Crippen LogP contribution in [0.15, 0.2) is 0 Å². The Morgan fingerprint density at radius 3 is 2.56 bits per heavy atom. The van der Waals surface area contributed by atoms with E-state index in [4.69, 9.17) is 18.0 Å². The molecule has 1 aromatic heterocycles. The fourth-order valence-electron chi connectivity index (χ4n) is 0.321. The van der Waals surface area contributed by atoms with Crippen LogP contribution in [0.4, 0.5) is 5.13 Å². The molecular weight excluding hydrogens is 174 g/mol. The zero-order chi connectivity index (χ0) is 6.85.